The van der Waals surface area contributed by atoms with Gasteiger partial charge in [-0.3, -0.25) is 0 Å². The molecule has 0 fully saturated rings. The predicted molar refractivity (Wildman–Crippen MR) is 69.5 cm³/mol. The number of aromatic nitrogens is 1. The highest BCUT2D eigenvalue weighted by Gasteiger charge is 2.41. The quantitative estimate of drug-likeness (QED) is 0.745. The Morgan fingerprint density at radius 3 is 2.60 bits per heavy atom. The highest BCUT2D eigenvalue weighted by molar-refractivity contribution is 7.11. The van der Waals surface area contributed by atoms with Crippen LogP contribution in [0.5, 0.6) is 0 Å². The first-order valence-corrected chi connectivity index (χ1v) is 7.02. The van der Waals surface area contributed by atoms with Gasteiger partial charge in [-0.2, -0.15) is 8.78 Å². The van der Waals surface area contributed by atoms with E-state index in [0.717, 1.165) is 17.1 Å². The second kappa shape index (κ2) is 7.33. The molecule has 1 rings (SSSR count). The van der Waals surface area contributed by atoms with E-state index in [1.165, 1.54) is 11.3 Å². The Morgan fingerprint density at radius 2 is 2.05 bits per heavy atom. The maximum Gasteiger partial charge on any atom is 0.330 e. The molecule has 1 heterocycles. The third-order valence-electron chi connectivity index (χ3n) is 2.62. The standard InChI is InChI=1S/C12H18F4N2OS/c1-4-17-7(2)10-8(3)18-9(20-10)5-19-6-12(15,16)11(13)14/h7,11,17H,4-6H2,1-3H3. The van der Waals surface area contributed by atoms with E-state index >= 15 is 0 Å². The summed E-state index contributed by atoms with van der Waals surface area (Å²) in [5, 5.41) is 3.73. The van der Waals surface area contributed by atoms with Crippen LogP contribution in [0.4, 0.5) is 17.6 Å². The fourth-order valence-electron chi connectivity index (χ4n) is 1.67. The van der Waals surface area contributed by atoms with Gasteiger partial charge in [0.05, 0.1) is 12.3 Å². The first-order chi connectivity index (χ1) is 9.27. The number of hydrogen-bond donors (Lipinski definition) is 1. The lowest BCUT2D eigenvalue weighted by molar-refractivity contribution is -0.168. The second-order valence-corrected chi connectivity index (χ2v) is 5.51. The molecule has 0 saturated heterocycles. The van der Waals surface area contributed by atoms with Crippen LogP contribution in [0.15, 0.2) is 0 Å². The average Bonchev–Trinajstić information content (AvgIpc) is 2.70. The number of hydrogen-bond acceptors (Lipinski definition) is 4. The minimum atomic E-state index is -4.12. The van der Waals surface area contributed by atoms with E-state index in [1.54, 1.807) is 0 Å². The topological polar surface area (TPSA) is 34.1 Å². The van der Waals surface area contributed by atoms with E-state index in [-0.39, 0.29) is 12.6 Å². The van der Waals surface area contributed by atoms with Crippen LogP contribution in [-0.2, 0) is 11.3 Å². The smallest absolute Gasteiger partial charge is 0.330 e. The number of aryl methyl sites for hydroxylation is 1. The largest absolute Gasteiger partial charge is 0.368 e. The van der Waals surface area contributed by atoms with Crippen molar-refractivity contribution in [3.05, 3.63) is 15.6 Å². The third-order valence-corrected chi connectivity index (χ3v) is 3.93. The Hall–Kier alpha value is -0.730. The third kappa shape index (κ3) is 4.68. The van der Waals surface area contributed by atoms with Crippen LogP contribution in [-0.4, -0.2) is 30.5 Å². The molecule has 0 spiro atoms. The predicted octanol–water partition coefficient (Wildman–Crippen LogP) is 3.54. The molecular formula is C12H18F4N2OS. The molecule has 1 aromatic heterocycles. The van der Waals surface area contributed by atoms with E-state index < -0.39 is 19.0 Å². The molecule has 116 valence electrons. The fourth-order valence-corrected chi connectivity index (χ4v) is 2.70. The van der Waals surface area contributed by atoms with Crippen molar-refractivity contribution in [3.63, 3.8) is 0 Å². The summed E-state index contributed by atoms with van der Waals surface area (Å²) in [6.45, 7) is 5.07. The summed E-state index contributed by atoms with van der Waals surface area (Å²) in [5.74, 6) is -4.12. The highest BCUT2D eigenvalue weighted by Crippen LogP contribution is 2.27. The van der Waals surface area contributed by atoms with Crippen LogP contribution in [0.1, 0.15) is 35.5 Å². The van der Waals surface area contributed by atoms with Gasteiger partial charge in [0.15, 0.2) is 0 Å². The van der Waals surface area contributed by atoms with Crippen LogP contribution >= 0.6 is 11.3 Å². The molecule has 8 heteroatoms. The Balaban J connectivity index is 2.56. The van der Waals surface area contributed by atoms with Gasteiger partial charge in [0, 0.05) is 10.9 Å². The van der Waals surface area contributed by atoms with Crippen molar-refractivity contribution in [2.24, 2.45) is 0 Å². The summed E-state index contributed by atoms with van der Waals surface area (Å²) in [7, 11) is 0. The van der Waals surface area contributed by atoms with Gasteiger partial charge in [-0.05, 0) is 20.4 Å². The molecule has 0 aliphatic heterocycles. The van der Waals surface area contributed by atoms with Crippen molar-refractivity contribution >= 4 is 11.3 Å². The lowest BCUT2D eigenvalue weighted by Gasteiger charge is -2.14. The number of nitrogens with zero attached hydrogens (tertiary/aromatic N) is 1. The average molecular weight is 314 g/mol. The maximum absolute atomic E-state index is 12.7. The van der Waals surface area contributed by atoms with Crippen molar-refractivity contribution in [1.29, 1.82) is 0 Å². The second-order valence-electron chi connectivity index (χ2n) is 4.39. The monoisotopic (exact) mass is 314 g/mol. The Kier molecular flexibility index (Phi) is 6.35. The molecule has 0 saturated carbocycles. The van der Waals surface area contributed by atoms with E-state index in [4.69, 9.17) is 0 Å². The molecule has 1 aromatic rings. The van der Waals surface area contributed by atoms with Crippen molar-refractivity contribution < 1.29 is 22.3 Å². The first-order valence-electron chi connectivity index (χ1n) is 6.21. The van der Waals surface area contributed by atoms with E-state index in [1.807, 2.05) is 20.8 Å². The molecule has 0 radical (unpaired) electrons. The van der Waals surface area contributed by atoms with Crippen LogP contribution in [0, 0.1) is 6.92 Å². The lowest BCUT2D eigenvalue weighted by atomic mass is 10.2. The molecule has 0 amide bonds. The fraction of sp³-hybridized carbons (Fsp3) is 0.750. The van der Waals surface area contributed by atoms with E-state index in [0.29, 0.717) is 5.01 Å². The molecule has 0 aliphatic rings. The minimum absolute atomic E-state index is 0.105. The zero-order valence-corrected chi connectivity index (χ0v) is 12.4. The number of alkyl halides is 4. The Morgan fingerprint density at radius 1 is 1.40 bits per heavy atom. The van der Waals surface area contributed by atoms with Crippen LogP contribution in [0.3, 0.4) is 0 Å². The van der Waals surface area contributed by atoms with Gasteiger partial charge < -0.3 is 10.1 Å². The van der Waals surface area contributed by atoms with Crippen LogP contribution < -0.4 is 5.32 Å². The SMILES string of the molecule is CCNC(C)c1sc(COCC(F)(F)C(F)F)nc1C. The van der Waals surface area contributed by atoms with Gasteiger partial charge in [-0.25, -0.2) is 13.8 Å². The van der Waals surface area contributed by atoms with Gasteiger partial charge in [0.25, 0.3) is 0 Å². The highest BCUT2D eigenvalue weighted by atomic mass is 32.1. The number of halogens is 4. The molecule has 0 aromatic carbocycles. The molecule has 20 heavy (non-hydrogen) atoms. The minimum Gasteiger partial charge on any atom is -0.368 e. The van der Waals surface area contributed by atoms with Crippen molar-refractivity contribution in [2.45, 2.75) is 45.8 Å². The van der Waals surface area contributed by atoms with Crippen LogP contribution in [0.2, 0.25) is 0 Å². The number of nitrogens with one attached hydrogen (secondary N) is 1. The number of rotatable bonds is 8. The summed E-state index contributed by atoms with van der Waals surface area (Å²) in [4.78, 5) is 5.19. The van der Waals surface area contributed by atoms with Crippen molar-refractivity contribution in [1.82, 2.24) is 10.3 Å². The summed E-state index contributed by atoms with van der Waals surface area (Å²) >= 11 is 1.34. The summed E-state index contributed by atoms with van der Waals surface area (Å²) < 4.78 is 53.9. The summed E-state index contributed by atoms with van der Waals surface area (Å²) in [6.07, 6.45) is -3.72. The van der Waals surface area contributed by atoms with Gasteiger partial charge in [0.2, 0.25) is 0 Å². The Labute approximate surface area is 119 Å². The van der Waals surface area contributed by atoms with E-state index in [2.05, 4.69) is 15.0 Å². The Bertz CT molecular complexity index is 426. The lowest BCUT2D eigenvalue weighted by Crippen LogP contribution is -2.32. The van der Waals surface area contributed by atoms with Gasteiger partial charge in [0.1, 0.15) is 11.6 Å². The molecule has 1 unspecified atom stereocenters. The van der Waals surface area contributed by atoms with E-state index in [9.17, 15) is 17.6 Å². The molecular weight excluding hydrogens is 296 g/mol. The molecule has 0 bridgehead atoms. The summed E-state index contributed by atoms with van der Waals surface area (Å²) in [5.41, 5.74) is 0.794. The molecule has 3 nitrogen and oxygen atoms in total. The number of thiazole rings is 1. The molecule has 1 atom stereocenters. The normalized spacial score (nSPS) is 14.0. The van der Waals surface area contributed by atoms with Crippen LogP contribution in [0.25, 0.3) is 0 Å². The maximum atomic E-state index is 12.7. The van der Waals surface area contributed by atoms with Crippen molar-refractivity contribution in [2.75, 3.05) is 13.2 Å². The number of ether oxygens (including phenoxy) is 1. The zero-order chi connectivity index (χ0) is 15.3. The van der Waals surface area contributed by atoms with Crippen molar-refractivity contribution in [3.8, 4) is 0 Å². The van der Waals surface area contributed by atoms with Gasteiger partial charge in [-0.1, -0.05) is 6.92 Å². The molecule has 0 aliphatic carbocycles. The first kappa shape index (κ1) is 17.3. The zero-order valence-electron chi connectivity index (χ0n) is 11.6. The van der Waals surface area contributed by atoms with Gasteiger partial charge in [-0.15, -0.1) is 11.3 Å². The summed E-state index contributed by atoms with van der Waals surface area (Å²) in [6, 6.07) is 0.105. The molecule has 1 N–H and O–H groups in total. The van der Waals surface area contributed by atoms with Gasteiger partial charge >= 0.3 is 12.3 Å².